The van der Waals surface area contributed by atoms with E-state index in [1.54, 1.807) is 21.3 Å². The quantitative estimate of drug-likeness (QED) is 0.358. The van der Waals surface area contributed by atoms with E-state index in [2.05, 4.69) is 24.0 Å². The van der Waals surface area contributed by atoms with E-state index in [4.69, 9.17) is 35.9 Å². The topological polar surface area (TPSA) is 79.8 Å². The van der Waals surface area contributed by atoms with Gasteiger partial charge in [0.15, 0.2) is 24.2 Å². The van der Waals surface area contributed by atoms with Gasteiger partial charge in [-0.05, 0) is 41.9 Å². The predicted molar refractivity (Wildman–Crippen MR) is 120 cm³/mol. The summed E-state index contributed by atoms with van der Waals surface area (Å²) in [6.07, 6.45) is 0. The van der Waals surface area contributed by atoms with Gasteiger partial charge in [-0.25, -0.2) is 0 Å². The fraction of sp³-hybridized carbons (Fsp3) is 0.364. The van der Waals surface area contributed by atoms with Crippen LogP contribution in [0.5, 0.6) is 17.2 Å². The molecule has 1 aromatic heterocycles. The van der Waals surface area contributed by atoms with Crippen molar-refractivity contribution in [2.75, 3.05) is 34.9 Å². The van der Waals surface area contributed by atoms with Gasteiger partial charge in [0.1, 0.15) is 17.2 Å². The van der Waals surface area contributed by atoms with Gasteiger partial charge >= 0.3 is 0 Å². The molecule has 0 saturated carbocycles. The first kappa shape index (κ1) is 22.8. The van der Waals surface area contributed by atoms with Crippen molar-refractivity contribution in [1.82, 2.24) is 14.8 Å². The molecule has 166 valence electrons. The van der Waals surface area contributed by atoms with Crippen LogP contribution in [0.15, 0.2) is 36.4 Å². The van der Waals surface area contributed by atoms with E-state index >= 15 is 0 Å². The Morgan fingerprint density at radius 1 is 1.00 bits per heavy atom. The maximum atomic E-state index is 5.87. The molecular weight excluding hydrogens is 418 g/mol. The molecule has 1 N–H and O–H groups in total. The monoisotopic (exact) mass is 445 g/mol. The SMILES string of the molecule is COCOc1cc(OCOC)c(C(C)C)cc1-c1n[nH]c(=S)n1-c1cccc(OC)c1. The molecule has 0 atom stereocenters. The molecule has 0 aliphatic rings. The Hall–Kier alpha value is -2.88. The molecule has 31 heavy (non-hydrogen) atoms. The molecule has 3 rings (SSSR count). The van der Waals surface area contributed by atoms with Gasteiger partial charge < -0.3 is 23.7 Å². The first-order valence-corrected chi connectivity index (χ1v) is 10.1. The van der Waals surface area contributed by atoms with Crippen LogP contribution < -0.4 is 14.2 Å². The summed E-state index contributed by atoms with van der Waals surface area (Å²) in [7, 11) is 4.77. The summed E-state index contributed by atoms with van der Waals surface area (Å²) in [6, 6.07) is 11.4. The third-order valence-electron chi connectivity index (χ3n) is 4.62. The lowest BCUT2D eigenvalue weighted by atomic mass is 9.98. The Labute approximate surface area is 186 Å². The molecule has 0 fully saturated rings. The molecule has 0 unspecified atom stereocenters. The Kier molecular flexibility index (Phi) is 7.67. The fourth-order valence-corrected chi connectivity index (χ4v) is 3.40. The fourth-order valence-electron chi connectivity index (χ4n) is 3.16. The number of methoxy groups -OCH3 is 3. The normalized spacial score (nSPS) is 11.0. The van der Waals surface area contributed by atoms with Crippen LogP contribution in [-0.4, -0.2) is 49.7 Å². The third kappa shape index (κ3) is 5.07. The third-order valence-corrected chi connectivity index (χ3v) is 4.90. The van der Waals surface area contributed by atoms with E-state index in [1.807, 2.05) is 41.0 Å². The molecular formula is C22H27N3O5S. The second-order valence-corrected chi connectivity index (χ2v) is 7.42. The van der Waals surface area contributed by atoms with Crippen molar-refractivity contribution in [2.24, 2.45) is 0 Å². The van der Waals surface area contributed by atoms with E-state index < -0.39 is 0 Å². The zero-order chi connectivity index (χ0) is 22.4. The number of hydrogen-bond acceptors (Lipinski definition) is 7. The highest BCUT2D eigenvalue weighted by molar-refractivity contribution is 7.71. The lowest BCUT2D eigenvalue weighted by molar-refractivity contribution is 0.0457. The summed E-state index contributed by atoms with van der Waals surface area (Å²) in [6.45, 7) is 4.38. The van der Waals surface area contributed by atoms with Crippen LogP contribution in [0.4, 0.5) is 0 Å². The van der Waals surface area contributed by atoms with Crippen LogP contribution in [0.2, 0.25) is 0 Å². The van der Waals surface area contributed by atoms with E-state index in [0.717, 1.165) is 16.8 Å². The average Bonchev–Trinajstić information content (AvgIpc) is 3.16. The molecule has 3 aromatic rings. The van der Waals surface area contributed by atoms with Gasteiger partial charge in [-0.15, -0.1) is 0 Å². The van der Waals surface area contributed by atoms with Crippen LogP contribution in [0.1, 0.15) is 25.3 Å². The van der Waals surface area contributed by atoms with Gasteiger partial charge in [-0.1, -0.05) is 19.9 Å². The molecule has 0 spiro atoms. The standard InChI is InChI=1S/C22H27N3O5S/c1-14(2)17-10-18(20(30-13-27-4)11-19(17)29-12-26-3)21-23-24-22(31)25(21)15-7-6-8-16(9-15)28-5/h6-11,14H,12-13H2,1-5H3,(H,24,31). The summed E-state index contributed by atoms with van der Waals surface area (Å²) in [5.41, 5.74) is 2.56. The number of nitrogens with one attached hydrogen (secondary N) is 1. The van der Waals surface area contributed by atoms with Gasteiger partial charge in [0.25, 0.3) is 0 Å². The number of aromatic amines is 1. The van der Waals surface area contributed by atoms with Gasteiger partial charge in [0.2, 0.25) is 0 Å². The van der Waals surface area contributed by atoms with E-state index in [9.17, 15) is 0 Å². The first-order chi connectivity index (χ1) is 15.0. The number of aromatic nitrogens is 3. The summed E-state index contributed by atoms with van der Waals surface area (Å²) in [5.74, 6) is 2.73. The Balaban J connectivity index is 2.21. The first-order valence-electron chi connectivity index (χ1n) is 9.73. The maximum Gasteiger partial charge on any atom is 0.200 e. The number of hydrogen-bond donors (Lipinski definition) is 1. The summed E-state index contributed by atoms with van der Waals surface area (Å²) >= 11 is 5.53. The van der Waals surface area contributed by atoms with Crippen LogP contribution in [0.25, 0.3) is 17.1 Å². The average molecular weight is 446 g/mol. The van der Waals surface area contributed by atoms with Crippen LogP contribution in [0.3, 0.4) is 0 Å². The molecule has 2 aromatic carbocycles. The lowest BCUT2D eigenvalue weighted by Crippen LogP contribution is -2.07. The van der Waals surface area contributed by atoms with E-state index in [-0.39, 0.29) is 19.5 Å². The van der Waals surface area contributed by atoms with Crippen molar-refractivity contribution < 1.29 is 23.7 Å². The maximum absolute atomic E-state index is 5.87. The smallest absolute Gasteiger partial charge is 0.200 e. The molecule has 0 saturated heterocycles. The predicted octanol–water partition coefficient (Wildman–Crippen LogP) is 4.69. The molecule has 0 radical (unpaired) electrons. The largest absolute Gasteiger partial charge is 0.497 e. The van der Waals surface area contributed by atoms with Crippen LogP contribution in [-0.2, 0) is 9.47 Å². The van der Waals surface area contributed by atoms with Crippen molar-refractivity contribution in [2.45, 2.75) is 19.8 Å². The van der Waals surface area contributed by atoms with Gasteiger partial charge in [0, 0.05) is 26.4 Å². The molecule has 0 aliphatic heterocycles. The number of nitrogens with zero attached hydrogens (tertiary/aromatic N) is 2. The number of benzene rings is 2. The zero-order valence-corrected chi connectivity index (χ0v) is 19.1. The number of ether oxygens (including phenoxy) is 5. The number of rotatable bonds is 10. The lowest BCUT2D eigenvalue weighted by Gasteiger charge is -2.19. The van der Waals surface area contributed by atoms with Crippen LogP contribution in [0, 0.1) is 4.77 Å². The molecule has 8 nitrogen and oxygen atoms in total. The van der Waals surface area contributed by atoms with Crippen molar-refractivity contribution in [3.8, 4) is 34.3 Å². The summed E-state index contributed by atoms with van der Waals surface area (Å²) < 4.78 is 29.5. The Morgan fingerprint density at radius 2 is 1.71 bits per heavy atom. The van der Waals surface area contributed by atoms with Crippen molar-refractivity contribution in [3.63, 3.8) is 0 Å². The second-order valence-electron chi connectivity index (χ2n) is 7.03. The van der Waals surface area contributed by atoms with Crippen LogP contribution >= 0.6 is 12.2 Å². The summed E-state index contributed by atoms with van der Waals surface area (Å²) in [5, 5.41) is 7.39. The van der Waals surface area contributed by atoms with Crippen molar-refractivity contribution in [3.05, 3.63) is 46.7 Å². The highest BCUT2D eigenvalue weighted by atomic mass is 32.1. The molecule has 0 aliphatic carbocycles. The summed E-state index contributed by atoms with van der Waals surface area (Å²) in [4.78, 5) is 0. The highest BCUT2D eigenvalue weighted by Gasteiger charge is 2.21. The van der Waals surface area contributed by atoms with E-state index in [1.165, 1.54) is 0 Å². The minimum absolute atomic E-state index is 0.0715. The molecule has 9 heteroatoms. The Bertz CT molecular complexity index is 1080. The number of H-pyrrole nitrogens is 1. The second kappa shape index (κ2) is 10.4. The van der Waals surface area contributed by atoms with Gasteiger partial charge in [-0.3, -0.25) is 9.67 Å². The minimum atomic E-state index is 0.0715. The zero-order valence-electron chi connectivity index (χ0n) is 18.3. The van der Waals surface area contributed by atoms with Crippen molar-refractivity contribution >= 4 is 12.2 Å². The highest BCUT2D eigenvalue weighted by Crippen LogP contribution is 2.39. The molecule has 1 heterocycles. The van der Waals surface area contributed by atoms with Crippen molar-refractivity contribution in [1.29, 1.82) is 0 Å². The molecule has 0 amide bonds. The Morgan fingerprint density at radius 3 is 2.35 bits per heavy atom. The van der Waals surface area contributed by atoms with Gasteiger partial charge in [0.05, 0.1) is 18.4 Å². The van der Waals surface area contributed by atoms with E-state index in [0.29, 0.717) is 27.8 Å². The minimum Gasteiger partial charge on any atom is -0.497 e. The van der Waals surface area contributed by atoms with Gasteiger partial charge in [-0.2, -0.15) is 5.10 Å². The molecule has 0 bridgehead atoms.